The summed E-state index contributed by atoms with van der Waals surface area (Å²) in [5.74, 6) is -1.63. The molecule has 0 fully saturated rings. The molecule has 0 aromatic heterocycles. The van der Waals surface area contributed by atoms with E-state index in [0.717, 1.165) is 0 Å². The largest absolute Gasteiger partial charge is 0.288 e. The van der Waals surface area contributed by atoms with E-state index >= 15 is 0 Å². The van der Waals surface area contributed by atoms with Crippen molar-refractivity contribution in [2.75, 3.05) is 0 Å². The molecule has 0 aliphatic carbocycles. The van der Waals surface area contributed by atoms with Gasteiger partial charge in [0.1, 0.15) is 0 Å². The first-order chi connectivity index (χ1) is 4.13. The van der Waals surface area contributed by atoms with Crippen LogP contribution in [0.1, 0.15) is 0 Å². The molecule has 3 N–H and O–H groups in total. The van der Waals surface area contributed by atoms with Crippen LogP contribution in [0.15, 0.2) is 0 Å². The summed E-state index contributed by atoms with van der Waals surface area (Å²) in [7, 11) is 9.15. The molecule has 0 aliphatic heterocycles. The predicted molar refractivity (Wildman–Crippen MR) is 31.7 cm³/mol. The highest BCUT2D eigenvalue weighted by Gasteiger charge is 1.87. The molecule has 9 heavy (non-hydrogen) atoms. The van der Waals surface area contributed by atoms with E-state index in [0.29, 0.717) is 0 Å². The highest BCUT2D eigenvalue weighted by atomic mass is 16.2. The van der Waals surface area contributed by atoms with Crippen molar-refractivity contribution in [2.24, 2.45) is 0 Å². The van der Waals surface area contributed by atoms with Gasteiger partial charge in [-0.25, -0.2) is 0 Å². The molecule has 0 saturated heterocycles. The molecule has 0 heterocycles. The predicted octanol–water partition coefficient (Wildman–Crippen LogP) is -1.84. The summed E-state index contributed by atoms with van der Waals surface area (Å²) in [6, 6.07) is 0. The third-order valence-electron chi connectivity index (χ3n) is 0.371. The van der Waals surface area contributed by atoms with Crippen molar-refractivity contribution in [3.05, 3.63) is 0 Å². The number of carbonyl (C=O) groups excluding carboxylic acids is 2. The molecular formula is C2H3B2N3O2. The Kier molecular flexibility index (Phi) is 3.54. The van der Waals surface area contributed by atoms with Crippen LogP contribution in [0.3, 0.4) is 0 Å². The van der Waals surface area contributed by atoms with Crippen LogP contribution < -0.4 is 16.4 Å². The van der Waals surface area contributed by atoms with Crippen molar-refractivity contribution in [1.82, 2.24) is 16.4 Å². The van der Waals surface area contributed by atoms with Crippen LogP contribution in [0.5, 0.6) is 0 Å². The molecule has 0 aliphatic rings. The number of amides is 2. The van der Waals surface area contributed by atoms with E-state index in [2.05, 4.69) is 15.7 Å². The molecule has 7 heteroatoms. The Hall–Kier alpha value is -0.970. The van der Waals surface area contributed by atoms with Crippen LogP contribution in [0, 0.1) is 0 Å². The summed E-state index contributed by atoms with van der Waals surface area (Å²) in [6.07, 6.45) is 0. The van der Waals surface area contributed by atoms with Crippen molar-refractivity contribution in [3.63, 3.8) is 0 Å². The topological polar surface area (TPSA) is 70.2 Å². The second-order valence-electron chi connectivity index (χ2n) is 1.10. The van der Waals surface area contributed by atoms with Crippen molar-refractivity contribution in [1.29, 1.82) is 0 Å². The van der Waals surface area contributed by atoms with E-state index in [1.165, 1.54) is 0 Å². The summed E-state index contributed by atoms with van der Waals surface area (Å²) < 4.78 is 0. The summed E-state index contributed by atoms with van der Waals surface area (Å²) in [5, 5.41) is 0. The standard InChI is InChI=1S/C2H3B2N3O2/c3-1(8)5-7-6-2(4)9/h7H,(H,5,8)(H,6,9). The Morgan fingerprint density at radius 3 is 1.56 bits per heavy atom. The van der Waals surface area contributed by atoms with Gasteiger partial charge in [-0.2, -0.15) is 0 Å². The molecule has 0 unspecified atom stereocenters. The molecule has 0 atom stereocenters. The third kappa shape index (κ3) is 7.03. The Labute approximate surface area is 54.3 Å². The van der Waals surface area contributed by atoms with Gasteiger partial charge in [0.05, 0.1) is 0 Å². The maximum atomic E-state index is 9.84. The van der Waals surface area contributed by atoms with E-state index < -0.39 is 11.6 Å². The molecule has 0 aromatic carbocycles. The van der Waals surface area contributed by atoms with Gasteiger partial charge in [-0.1, -0.05) is 0 Å². The third-order valence-corrected chi connectivity index (χ3v) is 0.371. The van der Waals surface area contributed by atoms with Gasteiger partial charge in [0, 0.05) is 0 Å². The molecule has 0 spiro atoms. The second kappa shape index (κ2) is 3.96. The first kappa shape index (κ1) is 8.03. The Bertz CT molecular complexity index is 113. The van der Waals surface area contributed by atoms with E-state index in [-0.39, 0.29) is 0 Å². The van der Waals surface area contributed by atoms with E-state index in [4.69, 9.17) is 0 Å². The van der Waals surface area contributed by atoms with Gasteiger partial charge in [-0.3, -0.25) is 20.4 Å². The molecule has 2 amide bonds. The molecule has 44 valence electrons. The van der Waals surface area contributed by atoms with Crippen LogP contribution in [0.25, 0.3) is 0 Å². The smallest absolute Gasteiger partial charge is 0.202 e. The number of hydrogen-bond donors (Lipinski definition) is 3. The number of hydrogen-bond acceptors (Lipinski definition) is 3. The number of carbonyl (C=O) groups is 2. The van der Waals surface area contributed by atoms with Crippen LogP contribution in [0.4, 0.5) is 9.59 Å². The molecule has 0 bridgehead atoms. The first-order valence-corrected chi connectivity index (χ1v) is 1.99. The molecule has 4 radical (unpaired) electrons. The quantitative estimate of drug-likeness (QED) is 0.298. The minimum atomic E-state index is -0.816. The summed E-state index contributed by atoms with van der Waals surface area (Å²) in [6.45, 7) is 0. The Morgan fingerprint density at radius 2 is 1.33 bits per heavy atom. The fourth-order valence-corrected chi connectivity index (χ4v) is 0.154. The zero-order valence-electron chi connectivity index (χ0n) is 4.47. The highest BCUT2D eigenvalue weighted by Crippen LogP contribution is 1.51. The molecule has 0 saturated carbocycles. The Morgan fingerprint density at radius 1 is 1.00 bits per heavy atom. The van der Waals surface area contributed by atoms with Crippen LogP contribution in [-0.4, -0.2) is 27.3 Å². The van der Waals surface area contributed by atoms with Crippen molar-refractivity contribution < 1.29 is 9.59 Å². The summed E-state index contributed by atoms with van der Waals surface area (Å²) >= 11 is 0. The highest BCUT2D eigenvalue weighted by molar-refractivity contribution is 6.57. The van der Waals surface area contributed by atoms with Crippen LogP contribution >= 0.6 is 0 Å². The minimum Gasteiger partial charge on any atom is -0.288 e. The SMILES string of the molecule is [B]C(=O)NNNC([B])=O. The molecule has 0 aromatic rings. The summed E-state index contributed by atoms with van der Waals surface area (Å²) in [4.78, 5) is 19.7. The lowest BCUT2D eigenvalue weighted by Gasteiger charge is -2.03. The number of hydrazine groups is 2. The van der Waals surface area contributed by atoms with Gasteiger partial charge in [0.15, 0.2) is 11.6 Å². The van der Waals surface area contributed by atoms with Gasteiger partial charge >= 0.3 is 0 Å². The van der Waals surface area contributed by atoms with Crippen molar-refractivity contribution in [2.45, 2.75) is 0 Å². The zero-order valence-corrected chi connectivity index (χ0v) is 4.47. The van der Waals surface area contributed by atoms with Crippen LogP contribution in [0.2, 0.25) is 0 Å². The molecule has 0 rings (SSSR count). The second-order valence-corrected chi connectivity index (χ2v) is 1.10. The number of rotatable bonds is 2. The van der Waals surface area contributed by atoms with Crippen molar-refractivity contribution in [3.8, 4) is 0 Å². The number of nitrogens with one attached hydrogen (secondary N) is 3. The van der Waals surface area contributed by atoms with E-state index in [9.17, 15) is 9.59 Å². The molecular weight excluding hydrogens is 120 g/mol. The monoisotopic (exact) mass is 123 g/mol. The van der Waals surface area contributed by atoms with E-state index in [1.54, 1.807) is 0 Å². The Balaban J connectivity index is 3.10. The van der Waals surface area contributed by atoms with Gasteiger partial charge in [-0.15, -0.1) is 5.53 Å². The average molecular weight is 123 g/mol. The van der Waals surface area contributed by atoms with Gasteiger partial charge in [0.2, 0.25) is 15.7 Å². The fourth-order valence-electron chi connectivity index (χ4n) is 0.154. The maximum Gasteiger partial charge on any atom is 0.202 e. The van der Waals surface area contributed by atoms with E-state index in [1.807, 2.05) is 16.4 Å². The van der Waals surface area contributed by atoms with Crippen molar-refractivity contribution >= 4 is 27.3 Å². The minimum absolute atomic E-state index is 0.816. The van der Waals surface area contributed by atoms with Crippen LogP contribution in [-0.2, 0) is 0 Å². The first-order valence-electron chi connectivity index (χ1n) is 1.99. The lowest BCUT2D eigenvalue weighted by atomic mass is 10.1. The molecule has 5 nitrogen and oxygen atoms in total. The van der Waals surface area contributed by atoms with Gasteiger partial charge in [0.25, 0.3) is 0 Å². The lowest BCUT2D eigenvalue weighted by Crippen LogP contribution is -2.48. The summed E-state index contributed by atoms with van der Waals surface area (Å²) in [5.41, 5.74) is 5.64. The zero-order chi connectivity index (χ0) is 7.28. The van der Waals surface area contributed by atoms with Gasteiger partial charge < -0.3 is 0 Å². The lowest BCUT2D eigenvalue weighted by molar-refractivity contribution is 0.246. The normalized spacial score (nSPS) is 8.00. The average Bonchev–Trinajstić information content (AvgIpc) is 1.63. The fraction of sp³-hybridized carbons (Fsp3) is 0. The van der Waals surface area contributed by atoms with Gasteiger partial charge in [-0.05, 0) is 0 Å². The maximum absolute atomic E-state index is 9.84.